The van der Waals surface area contributed by atoms with Crippen LogP contribution in [0.1, 0.15) is 19.8 Å². The maximum Gasteiger partial charge on any atom is 0.191 e. The van der Waals surface area contributed by atoms with Crippen molar-refractivity contribution in [3.8, 4) is 0 Å². The molecule has 0 amide bonds. The fourth-order valence-electron chi connectivity index (χ4n) is 1.49. The molecule has 0 aliphatic carbocycles. The van der Waals surface area contributed by atoms with Gasteiger partial charge in [0.05, 0.1) is 6.54 Å². The van der Waals surface area contributed by atoms with Gasteiger partial charge in [0.1, 0.15) is 0 Å². The van der Waals surface area contributed by atoms with Crippen LogP contribution in [0.2, 0.25) is 0 Å². The molecule has 1 heterocycles. The zero-order valence-electron chi connectivity index (χ0n) is 9.46. The minimum atomic E-state index is 0.726. The molecule has 1 saturated heterocycles. The number of hydrogen-bond donors (Lipinski definition) is 2. The van der Waals surface area contributed by atoms with Crippen molar-refractivity contribution in [2.45, 2.75) is 25.0 Å². The monoisotopic (exact) mass is 227 g/mol. The van der Waals surface area contributed by atoms with Crippen molar-refractivity contribution in [1.29, 1.82) is 0 Å². The Labute approximate surface area is 96.8 Å². The first kappa shape index (κ1) is 12.4. The van der Waals surface area contributed by atoms with E-state index in [0.717, 1.165) is 30.8 Å². The zero-order chi connectivity index (χ0) is 10.9. The summed E-state index contributed by atoms with van der Waals surface area (Å²) in [6, 6.07) is 0. The van der Waals surface area contributed by atoms with E-state index < -0.39 is 0 Å². The molecule has 15 heavy (non-hydrogen) atoms. The molecule has 1 rings (SSSR count). The Morgan fingerprint density at radius 2 is 2.47 bits per heavy atom. The van der Waals surface area contributed by atoms with Crippen LogP contribution in [-0.4, -0.2) is 36.6 Å². The lowest BCUT2D eigenvalue weighted by Crippen LogP contribution is -2.37. The van der Waals surface area contributed by atoms with Crippen LogP contribution in [0.25, 0.3) is 0 Å². The molecular weight excluding hydrogens is 206 g/mol. The standard InChI is InChI=1S/C11H21N3S/c1-3-7-13-11(12-4-2)14-9-10-6-5-8-15-10/h3,10H,1,4-9H2,2H3,(H2,12,13,14). The number of guanidine groups is 1. The second kappa shape index (κ2) is 7.63. The molecule has 0 bridgehead atoms. The van der Waals surface area contributed by atoms with Crippen LogP contribution >= 0.6 is 11.8 Å². The lowest BCUT2D eigenvalue weighted by molar-refractivity contribution is 0.772. The summed E-state index contributed by atoms with van der Waals surface area (Å²) in [6.45, 7) is 8.36. The second-order valence-corrected chi connectivity index (χ2v) is 4.93. The van der Waals surface area contributed by atoms with Crippen LogP contribution in [0, 0.1) is 0 Å². The van der Waals surface area contributed by atoms with Gasteiger partial charge in [-0.15, -0.1) is 6.58 Å². The highest BCUT2D eigenvalue weighted by molar-refractivity contribution is 8.00. The molecule has 1 aliphatic heterocycles. The van der Waals surface area contributed by atoms with Crippen LogP contribution < -0.4 is 10.6 Å². The first-order valence-electron chi connectivity index (χ1n) is 5.61. The van der Waals surface area contributed by atoms with Gasteiger partial charge in [0.25, 0.3) is 0 Å². The third kappa shape index (κ3) is 5.11. The van der Waals surface area contributed by atoms with E-state index in [0.29, 0.717) is 0 Å². The highest BCUT2D eigenvalue weighted by Crippen LogP contribution is 2.25. The highest BCUT2D eigenvalue weighted by Gasteiger charge is 2.14. The molecule has 0 aromatic rings. The average molecular weight is 227 g/mol. The van der Waals surface area contributed by atoms with Crippen molar-refractivity contribution in [3.05, 3.63) is 12.7 Å². The molecule has 3 nitrogen and oxygen atoms in total. The maximum absolute atomic E-state index is 4.56. The van der Waals surface area contributed by atoms with Crippen molar-refractivity contribution < 1.29 is 0 Å². The summed E-state index contributed by atoms with van der Waals surface area (Å²) in [4.78, 5) is 4.56. The summed E-state index contributed by atoms with van der Waals surface area (Å²) < 4.78 is 0. The normalized spacial score (nSPS) is 21.4. The first-order chi connectivity index (χ1) is 7.36. The minimum absolute atomic E-state index is 0.726. The molecular formula is C11H21N3S. The molecule has 1 atom stereocenters. The summed E-state index contributed by atoms with van der Waals surface area (Å²) >= 11 is 2.04. The Hall–Kier alpha value is -0.640. The van der Waals surface area contributed by atoms with Crippen LogP contribution in [0.4, 0.5) is 0 Å². The van der Waals surface area contributed by atoms with Gasteiger partial charge >= 0.3 is 0 Å². The topological polar surface area (TPSA) is 36.4 Å². The van der Waals surface area contributed by atoms with Gasteiger partial charge in [-0.25, -0.2) is 0 Å². The van der Waals surface area contributed by atoms with E-state index in [4.69, 9.17) is 0 Å². The van der Waals surface area contributed by atoms with Gasteiger partial charge in [-0.2, -0.15) is 11.8 Å². The quantitative estimate of drug-likeness (QED) is 0.426. The Morgan fingerprint density at radius 3 is 3.07 bits per heavy atom. The fourth-order valence-corrected chi connectivity index (χ4v) is 2.67. The summed E-state index contributed by atoms with van der Waals surface area (Å²) in [5.41, 5.74) is 0. The largest absolute Gasteiger partial charge is 0.357 e. The Bertz CT molecular complexity index is 210. The molecule has 0 saturated carbocycles. The zero-order valence-corrected chi connectivity index (χ0v) is 10.3. The molecule has 2 N–H and O–H groups in total. The molecule has 0 spiro atoms. The third-order valence-corrected chi connectivity index (χ3v) is 3.62. The molecule has 1 aliphatic rings. The van der Waals surface area contributed by atoms with Crippen molar-refractivity contribution in [2.75, 3.05) is 25.4 Å². The number of hydrogen-bond acceptors (Lipinski definition) is 2. The smallest absolute Gasteiger partial charge is 0.191 e. The second-order valence-electron chi connectivity index (χ2n) is 3.52. The maximum atomic E-state index is 4.56. The van der Waals surface area contributed by atoms with E-state index in [-0.39, 0.29) is 0 Å². The van der Waals surface area contributed by atoms with Crippen molar-refractivity contribution in [2.24, 2.45) is 4.99 Å². The van der Waals surface area contributed by atoms with Crippen molar-refractivity contribution in [1.82, 2.24) is 10.6 Å². The summed E-state index contributed by atoms with van der Waals surface area (Å²) in [7, 11) is 0. The molecule has 1 unspecified atom stereocenters. The van der Waals surface area contributed by atoms with Gasteiger partial charge in [-0.05, 0) is 25.5 Å². The SMILES string of the molecule is C=CCNC(=NCC1CCCS1)NCC. The fraction of sp³-hybridized carbons (Fsp3) is 0.727. The Morgan fingerprint density at radius 1 is 1.60 bits per heavy atom. The van der Waals surface area contributed by atoms with E-state index >= 15 is 0 Å². The van der Waals surface area contributed by atoms with Crippen LogP contribution in [0.3, 0.4) is 0 Å². The van der Waals surface area contributed by atoms with Crippen molar-refractivity contribution in [3.63, 3.8) is 0 Å². The minimum Gasteiger partial charge on any atom is -0.357 e. The Balaban J connectivity index is 2.31. The molecule has 4 heteroatoms. The van der Waals surface area contributed by atoms with Gasteiger partial charge in [0.2, 0.25) is 0 Å². The summed E-state index contributed by atoms with van der Waals surface area (Å²) in [5.74, 6) is 2.21. The lowest BCUT2D eigenvalue weighted by Gasteiger charge is -2.11. The predicted octanol–water partition coefficient (Wildman–Crippen LogP) is 1.62. The van der Waals surface area contributed by atoms with Gasteiger partial charge in [-0.3, -0.25) is 4.99 Å². The van der Waals surface area contributed by atoms with Gasteiger partial charge in [-0.1, -0.05) is 6.08 Å². The number of aliphatic imine (C=N–C) groups is 1. The molecule has 1 fully saturated rings. The lowest BCUT2D eigenvalue weighted by atomic mass is 10.2. The van der Waals surface area contributed by atoms with E-state index in [9.17, 15) is 0 Å². The third-order valence-electron chi connectivity index (χ3n) is 2.24. The van der Waals surface area contributed by atoms with E-state index in [2.05, 4.69) is 29.1 Å². The molecule has 0 aromatic carbocycles. The van der Waals surface area contributed by atoms with Crippen molar-refractivity contribution >= 4 is 17.7 Å². The van der Waals surface area contributed by atoms with E-state index in [1.807, 2.05) is 17.8 Å². The van der Waals surface area contributed by atoms with Crippen LogP contribution in [-0.2, 0) is 0 Å². The van der Waals surface area contributed by atoms with E-state index in [1.165, 1.54) is 18.6 Å². The van der Waals surface area contributed by atoms with E-state index in [1.54, 1.807) is 0 Å². The number of thioether (sulfide) groups is 1. The van der Waals surface area contributed by atoms with Gasteiger partial charge in [0.15, 0.2) is 5.96 Å². The number of nitrogens with one attached hydrogen (secondary N) is 2. The Kier molecular flexibility index (Phi) is 6.32. The van der Waals surface area contributed by atoms with Crippen LogP contribution in [0.5, 0.6) is 0 Å². The highest BCUT2D eigenvalue weighted by atomic mass is 32.2. The number of nitrogens with zero attached hydrogens (tertiary/aromatic N) is 1. The molecule has 86 valence electrons. The average Bonchev–Trinajstić information content (AvgIpc) is 2.75. The number of rotatable bonds is 5. The predicted molar refractivity (Wildman–Crippen MR) is 69.7 cm³/mol. The summed E-state index contributed by atoms with van der Waals surface area (Å²) in [6.07, 6.45) is 4.51. The van der Waals surface area contributed by atoms with Gasteiger partial charge in [0, 0.05) is 18.3 Å². The first-order valence-corrected chi connectivity index (χ1v) is 6.66. The molecule has 0 aromatic heterocycles. The van der Waals surface area contributed by atoms with Crippen LogP contribution in [0.15, 0.2) is 17.6 Å². The van der Waals surface area contributed by atoms with Gasteiger partial charge < -0.3 is 10.6 Å². The molecule has 0 radical (unpaired) electrons. The summed E-state index contributed by atoms with van der Waals surface area (Å²) in [5, 5.41) is 7.16.